The molecule has 0 radical (unpaired) electrons. The van der Waals surface area contributed by atoms with Crippen molar-refractivity contribution in [2.75, 3.05) is 19.5 Å². The van der Waals surface area contributed by atoms with Gasteiger partial charge >= 0.3 is 0 Å². The quantitative estimate of drug-likeness (QED) is 0.814. The van der Waals surface area contributed by atoms with Gasteiger partial charge in [-0.15, -0.1) is 0 Å². The van der Waals surface area contributed by atoms with Gasteiger partial charge in [-0.1, -0.05) is 36.4 Å². The summed E-state index contributed by atoms with van der Waals surface area (Å²) in [5, 5.41) is 0. The molecule has 2 aromatic rings. The van der Waals surface area contributed by atoms with E-state index in [2.05, 4.69) is 24.3 Å². The van der Waals surface area contributed by atoms with Crippen LogP contribution in [0.5, 0.6) is 0 Å². The summed E-state index contributed by atoms with van der Waals surface area (Å²) in [7, 11) is 1.73. The minimum Gasteiger partial charge on any atom is -0.399 e. The maximum absolute atomic E-state index is 5.68. The molecule has 0 unspecified atom stereocenters. The number of anilines is 1. The Kier molecular flexibility index (Phi) is 3.78. The van der Waals surface area contributed by atoms with Crippen LogP contribution in [0.3, 0.4) is 0 Å². The summed E-state index contributed by atoms with van der Waals surface area (Å²) in [5.74, 6) is 0. The smallest absolute Gasteiger partial charge is 0.0502 e. The molecule has 0 spiro atoms. The van der Waals surface area contributed by atoms with Crippen LogP contribution in [0.1, 0.15) is 5.56 Å². The highest BCUT2D eigenvalue weighted by molar-refractivity contribution is 5.66. The molecule has 2 N–H and O–H groups in total. The molecule has 2 heteroatoms. The third-order valence-electron chi connectivity index (χ3n) is 2.77. The zero-order chi connectivity index (χ0) is 12.1. The van der Waals surface area contributed by atoms with E-state index in [0.717, 1.165) is 18.7 Å². The van der Waals surface area contributed by atoms with Crippen molar-refractivity contribution in [1.29, 1.82) is 0 Å². The van der Waals surface area contributed by atoms with Gasteiger partial charge in [0, 0.05) is 12.8 Å². The Morgan fingerprint density at radius 1 is 1.00 bits per heavy atom. The van der Waals surface area contributed by atoms with E-state index in [4.69, 9.17) is 10.5 Å². The third kappa shape index (κ3) is 3.08. The van der Waals surface area contributed by atoms with E-state index < -0.39 is 0 Å². The van der Waals surface area contributed by atoms with Crippen LogP contribution < -0.4 is 5.73 Å². The molecule has 2 aromatic carbocycles. The van der Waals surface area contributed by atoms with Crippen molar-refractivity contribution in [2.45, 2.75) is 6.42 Å². The normalized spacial score (nSPS) is 10.4. The maximum Gasteiger partial charge on any atom is 0.0502 e. The SMILES string of the molecule is COCCc1cccc(-c2ccc(N)cc2)c1. The second-order valence-corrected chi connectivity index (χ2v) is 4.07. The molecule has 0 saturated carbocycles. The molecule has 0 bridgehead atoms. The lowest BCUT2D eigenvalue weighted by Gasteiger charge is -2.05. The average Bonchev–Trinajstić information content (AvgIpc) is 2.37. The first-order valence-corrected chi connectivity index (χ1v) is 5.73. The predicted molar refractivity (Wildman–Crippen MR) is 71.9 cm³/mol. The minimum absolute atomic E-state index is 0.755. The topological polar surface area (TPSA) is 35.2 Å². The van der Waals surface area contributed by atoms with Crippen LogP contribution >= 0.6 is 0 Å². The van der Waals surface area contributed by atoms with Crippen LogP contribution in [0.4, 0.5) is 5.69 Å². The molecule has 0 atom stereocenters. The highest BCUT2D eigenvalue weighted by atomic mass is 16.5. The van der Waals surface area contributed by atoms with E-state index in [1.165, 1.54) is 16.7 Å². The molecule has 0 saturated heterocycles. The van der Waals surface area contributed by atoms with Crippen molar-refractivity contribution >= 4 is 5.69 Å². The fraction of sp³-hybridized carbons (Fsp3) is 0.200. The van der Waals surface area contributed by atoms with Crippen molar-refractivity contribution < 1.29 is 4.74 Å². The molecule has 0 aliphatic heterocycles. The van der Waals surface area contributed by atoms with Crippen LogP contribution in [0.15, 0.2) is 48.5 Å². The van der Waals surface area contributed by atoms with Crippen LogP contribution in [-0.4, -0.2) is 13.7 Å². The third-order valence-corrected chi connectivity index (χ3v) is 2.77. The lowest BCUT2D eigenvalue weighted by Crippen LogP contribution is -1.94. The molecule has 0 aliphatic carbocycles. The minimum atomic E-state index is 0.755. The Hall–Kier alpha value is -1.80. The second kappa shape index (κ2) is 5.51. The number of benzene rings is 2. The Balaban J connectivity index is 2.23. The van der Waals surface area contributed by atoms with Crippen molar-refractivity contribution in [1.82, 2.24) is 0 Å². The average molecular weight is 227 g/mol. The zero-order valence-corrected chi connectivity index (χ0v) is 10.0. The van der Waals surface area contributed by atoms with Gasteiger partial charge in [0.25, 0.3) is 0 Å². The zero-order valence-electron chi connectivity index (χ0n) is 10.0. The van der Waals surface area contributed by atoms with E-state index in [0.29, 0.717) is 0 Å². The van der Waals surface area contributed by atoms with E-state index in [1.54, 1.807) is 7.11 Å². The van der Waals surface area contributed by atoms with Gasteiger partial charge in [0.05, 0.1) is 6.61 Å². The first-order chi connectivity index (χ1) is 8.29. The first kappa shape index (κ1) is 11.7. The molecule has 88 valence electrons. The number of rotatable bonds is 4. The van der Waals surface area contributed by atoms with Gasteiger partial charge < -0.3 is 10.5 Å². The molecule has 0 heterocycles. The van der Waals surface area contributed by atoms with Gasteiger partial charge in [0.2, 0.25) is 0 Å². The van der Waals surface area contributed by atoms with Gasteiger partial charge in [-0.25, -0.2) is 0 Å². The van der Waals surface area contributed by atoms with Gasteiger partial charge in [0.15, 0.2) is 0 Å². The van der Waals surface area contributed by atoms with E-state index >= 15 is 0 Å². The number of nitrogens with two attached hydrogens (primary N) is 1. The number of ether oxygens (including phenoxy) is 1. The van der Waals surface area contributed by atoms with Crippen molar-refractivity contribution in [3.05, 3.63) is 54.1 Å². The fourth-order valence-corrected chi connectivity index (χ4v) is 1.80. The maximum atomic E-state index is 5.68. The number of hydrogen-bond acceptors (Lipinski definition) is 2. The summed E-state index contributed by atoms with van der Waals surface area (Å²) >= 11 is 0. The van der Waals surface area contributed by atoms with Crippen LogP contribution in [-0.2, 0) is 11.2 Å². The summed E-state index contributed by atoms with van der Waals surface area (Å²) in [6, 6.07) is 16.5. The molecule has 0 amide bonds. The van der Waals surface area contributed by atoms with E-state index in [1.807, 2.05) is 24.3 Å². The Bertz CT molecular complexity index is 477. The molecule has 2 rings (SSSR count). The van der Waals surface area contributed by atoms with Crippen molar-refractivity contribution in [2.24, 2.45) is 0 Å². The lowest BCUT2D eigenvalue weighted by molar-refractivity contribution is 0.202. The van der Waals surface area contributed by atoms with Crippen LogP contribution in [0.25, 0.3) is 11.1 Å². The van der Waals surface area contributed by atoms with E-state index in [-0.39, 0.29) is 0 Å². The molecule has 2 nitrogen and oxygen atoms in total. The molecule has 17 heavy (non-hydrogen) atoms. The molecule has 0 aromatic heterocycles. The molecule has 0 fully saturated rings. The highest BCUT2D eigenvalue weighted by Gasteiger charge is 1.99. The van der Waals surface area contributed by atoms with Gasteiger partial charge in [0.1, 0.15) is 0 Å². The number of methoxy groups -OCH3 is 1. The van der Waals surface area contributed by atoms with Gasteiger partial charge in [-0.2, -0.15) is 0 Å². The molecular weight excluding hydrogens is 210 g/mol. The number of hydrogen-bond donors (Lipinski definition) is 1. The Morgan fingerprint density at radius 2 is 1.76 bits per heavy atom. The summed E-state index contributed by atoms with van der Waals surface area (Å²) in [5.41, 5.74) is 10.2. The van der Waals surface area contributed by atoms with Gasteiger partial charge in [-0.3, -0.25) is 0 Å². The fourth-order valence-electron chi connectivity index (χ4n) is 1.80. The lowest BCUT2D eigenvalue weighted by atomic mass is 10.0. The van der Waals surface area contributed by atoms with Crippen molar-refractivity contribution in [3.8, 4) is 11.1 Å². The molecular formula is C15H17NO. The van der Waals surface area contributed by atoms with E-state index in [9.17, 15) is 0 Å². The molecule has 0 aliphatic rings. The monoisotopic (exact) mass is 227 g/mol. The standard InChI is InChI=1S/C15H17NO/c1-17-10-9-12-3-2-4-14(11-12)13-5-7-15(16)8-6-13/h2-8,11H,9-10,16H2,1H3. The Morgan fingerprint density at radius 3 is 2.47 bits per heavy atom. The second-order valence-electron chi connectivity index (χ2n) is 4.07. The van der Waals surface area contributed by atoms with Crippen LogP contribution in [0, 0.1) is 0 Å². The number of nitrogen functional groups attached to an aromatic ring is 1. The van der Waals surface area contributed by atoms with Gasteiger partial charge in [-0.05, 0) is 35.2 Å². The summed E-state index contributed by atoms with van der Waals surface area (Å²) in [4.78, 5) is 0. The Labute approximate surface area is 102 Å². The predicted octanol–water partition coefficient (Wildman–Crippen LogP) is 3.12. The summed E-state index contributed by atoms with van der Waals surface area (Å²) < 4.78 is 5.09. The summed E-state index contributed by atoms with van der Waals surface area (Å²) in [6.07, 6.45) is 0.944. The van der Waals surface area contributed by atoms with Crippen LogP contribution in [0.2, 0.25) is 0 Å². The first-order valence-electron chi connectivity index (χ1n) is 5.73. The van der Waals surface area contributed by atoms with Crippen molar-refractivity contribution in [3.63, 3.8) is 0 Å². The highest BCUT2D eigenvalue weighted by Crippen LogP contribution is 2.21. The largest absolute Gasteiger partial charge is 0.399 e. The summed E-state index contributed by atoms with van der Waals surface area (Å²) in [6.45, 7) is 0.755.